The Balaban J connectivity index is 1.71. The van der Waals surface area contributed by atoms with Gasteiger partial charge in [0, 0.05) is 11.3 Å². The Hall–Kier alpha value is -2.31. The molecule has 0 unspecified atom stereocenters. The van der Waals surface area contributed by atoms with Crippen LogP contribution in [0.1, 0.15) is 36.0 Å². The van der Waals surface area contributed by atoms with Crippen LogP contribution >= 0.6 is 11.6 Å². The predicted octanol–water partition coefficient (Wildman–Crippen LogP) is 7.16. The summed E-state index contributed by atoms with van der Waals surface area (Å²) in [5.41, 5.74) is 7.20. The number of allylic oxidation sites excluding steroid dienone is 2. The standard InChI is InChI=1S/C26H25Cl/c27-20-9-8-18-26(19-10-13-21-11-2-1-3-12-21)24-16-6-4-14-22(24)23-15-5-7-17-25(23)26/h1-9,11-12,14-17H,10,13,18-20H2. The smallest absolute Gasteiger partial charge is 0.0404 e. The second-order valence-electron chi connectivity index (χ2n) is 7.34. The van der Waals surface area contributed by atoms with Crippen LogP contribution < -0.4 is 0 Å². The molecule has 0 aromatic heterocycles. The summed E-state index contributed by atoms with van der Waals surface area (Å²) in [5, 5.41) is 0. The Kier molecular flexibility index (Phi) is 5.45. The molecule has 0 fully saturated rings. The van der Waals surface area contributed by atoms with Gasteiger partial charge >= 0.3 is 0 Å². The third kappa shape index (κ3) is 3.47. The van der Waals surface area contributed by atoms with Gasteiger partial charge in [-0.3, -0.25) is 0 Å². The zero-order valence-electron chi connectivity index (χ0n) is 15.6. The molecule has 1 aliphatic carbocycles. The summed E-state index contributed by atoms with van der Waals surface area (Å²) in [7, 11) is 0. The topological polar surface area (TPSA) is 0 Å². The molecule has 0 saturated carbocycles. The van der Waals surface area contributed by atoms with E-state index in [2.05, 4.69) is 91.0 Å². The Labute approximate surface area is 167 Å². The highest BCUT2D eigenvalue weighted by molar-refractivity contribution is 6.18. The molecular formula is C26H25Cl. The first-order valence-electron chi connectivity index (χ1n) is 9.79. The van der Waals surface area contributed by atoms with Crippen LogP contribution in [0.5, 0.6) is 0 Å². The number of fused-ring (bicyclic) bond motifs is 3. The second-order valence-corrected chi connectivity index (χ2v) is 7.65. The van der Waals surface area contributed by atoms with Gasteiger partial charge < -0.3 is 0 Å². The van der Waals surface area contributed by atoms with Crippen LogP contribution in [-0.4, -0.2) is 5.88 Å². The van der Waals surface area contributed by atoms with Crippen molar-refractivity contribution in [3.8, 4) is 11.1 Å². The lowest BCUT2D eigenvalue weighted by Gasteiger charge is -2.31. The first-order chi connectivity index (χ1) is 13.3. The van der Waals surface area contributed by atoms with Crippen LogP contribution in [-0.2, 0) is 11.8 Å². The Morgan fingerprint density at radius 3 is 1.93 bits per heavy atom. The maximum Gasteiger partial charge on any atom is 0.0404 e. The van der Waals surface area contributed by atoms with Crippen LogP contribution in [0.4, 0.5) is 0 Å². The molecule has 0 nitrogen and oxygen atoms in total. The van der Waals surface area contributed by atoms with Gasteiger partial charge in [-0.1, -0.05) is 91.0 Å². The van der Waals surface area contributed by atoms with Crippen molar-refractivity contribution in [3.05, 3.63) is 108 Å². The lowest BCUT2D eigenvalue weighted by Crippen LogP contribution is -2.25. The van der Waals surface area contributed by atoms with Crippen LogP contribution in [0.3, 0.4) is 0 Å². The summed E-state index contributed by atoms with van der Waals surface area (Å²) in [6.45, 7) is 0. The molecule has 0 bridgehead atoms. The molecule has 1 aliphatic rings. The van der Waals surface area contributed by atoms with E-state index in [0.29, 0.717) is 5.88 Å². The van der Waals surface area contributed by atoms with E-state index in [0.717, 1.165) is 19.3 Å². The van der Waals surface area contributed by atoms with E-state index in [-0.39, 0.29) is 5.41 Å². The highest BCUT2D eigenvalue weighted by Crippen LogP contribution is 2.53. The van der Waals surface area contributed by atoms with Gasteiger partial charge in [-0.2, -0.15) is 0 Å². The lowest BCUT2D eigenvalue weighted by molar-refractivity contribution is 0.470. The van der Waals surface area contributed by atoms with Gasteiger partial charge in [0.15, 0.2) is 0 Å². The fourth-order valence-electron chi connectivity index (χ4n) is 4.59. The van der Waals surface area contributed by atoms with E-state index in [4.69, 9.17) is 11.6 Å². The normalized spacial score (nSPS) is 14.3. The average Bonchev–Trinajstić information content (AvgIpc) is 3.00. The van der Waals surface area contributed by atoms with Crippen molar-refractivity contribution in [2.75, 3.05) is 5.88 Å². The largest absolute Gasteiger partial charge is 0.122 e. The fourth-order valence-corrected chi connectivity index (χ4v) is 4.72. The van der Waals surface area contributed by atoms with Crippen LogP contribution in [0.2, 0.25) is 0 Å². The van der Waals surface area contributed by atoms with Crippen molar-refractivity contribution in [3.63, 3.8) is 0 Å². The highest BCUT2D eigenvalue weighted by atomic mass is 35.5. The van der Waals surface area contributed by atoms with Crippen LogP contribution in [0, 0.1) is 0 Å². The van der Waals surface area contributed by atoms with E-state index in [1.807, 2.05) is 0 Å². The quantitative estimate of drug-likeness (QED) is 0.305. The van der Waals surface area contributed by atoms with Gasteiger partial charge in [-0.05, 0) is 53.5 Å². The minimum Gasteiger partial charge on any atom is -0.122 e. The SMILES string of the molecule is ClCC=CCC1(CCCc2ccccc2)c2ccccc2-c2ccccc21. The van der Waals surface area contributed by atoms with Gasteiger partial charge in [0.25, 0.3) is 0 Å². The summed E-state index contributed by atoms with van der Waals surface area (Å²) in [5.74, 6) is 0.573. The minimum absolute atomic E-state index is 0.0462. The predicted molar refractivity (Wildman–Crippen MR) is 117 cm³/mol. The van der Waals surface area contributed by atoms with Gasteiger partial charge in [-0.25, -0.2) is 0 Å². The zero-order chi connectivity index (χ0) is 18.5. The maximum atomic E-state index is 5.93. The molecule has 0 amide bonds. The molecule has 0 atom stereocenters. The van der Waals surface area contributed by atoms with Crippen LogP contribution in [0.15, 0.2) is 91.0 Å². The maximum absolute atomic E-state index is 5.93. The molecule has 27 heavy (non-hydrogen) atoms. The molecule has 1 heteroatoms. The number of hydrogen-bond acceptors (Lipinski definition) is 0. The van der Waals surface area contributed by atoms with Gasteiger partial charge in [0.2, 0.25) is 0 Å². The molecule has 4 rings (SSSR count). The fraction of sp³-hybridized carbons (Fsp3) is 0.231. The van der Waals surface area contributed by atoms with E-state index in [1.54, 1.807) is 0 Å². The molecule has 0 N–H and O–H groups in total. The van der Waals surface area contributed by atoms with E-state index in [1.165, 1.54) is 34.2 Å². The number of halogens is 1. The third-order valence-electron chi connectivity index (χ3n) is 5.81. The summed E-state index contributed by atoms with van der Waals surface area (Å²) in [4.78, 5) is 0. The summed E-state index contributed by atoms with van der Waals surface area (Å²) >= 11 is 5.93. The van der Waals surface area contributed by atoms with Crippen molar-refractivity contribution in [1.29, 1.82) is 0 Å². The molecule has 0 aliphatic heterocycles. The molecule has 0 radical (unpaired) electrons. The van der Waals surface area contributed by atoms with Crippen molar-refractivity contribution in [2.45, 2.75) is 31.1 Å². The first-order valence-corrected chi connectivity index (χ1v) is 10.3. The van der Waals surface area contributed by atoms with Gasteiger partial charge in [0.1, 0.15) is 0 Å². The third-order valence-corrected chi connectivity index (χ3v) is 5.99. The molecule has 136 valence electrons. The van der Waals surface area contributed by atoms with Gasteiger partial charge in [-0.15, -0.1) is 11.6 Å². The summed E-state index contributed by atoms with van der Waals surface area (Å²) < 4.78 is 0. The Bertz CT molecular complexity index is 878. The Morgan fingerprint density at radius 1 is 0.704 bits per heavy atom. The number of alkyl halides is 1. The zero-order valence-corrected chi connectivity index (χ0v) is 16.3. The van der Waals surface area contributed by atoms with Crippen molar-refractivity contribution in [2.24, 2.45) is 0 Å². The molecule has 0 spiro atoms. The number of rotatable bonds is 7. The second kappa shape index (κ2) is 8.15. The molecule has 0 heterocycles. The summed E-state index contributed by atoms with van der Waals surface area (Å²) in [6, 6.07) is 28.7. The number of benzene rings is 3. The molecular weight excluding hydrogens is 348 g/mol. The van der Waals surface area contributed by atoms with Crippen molar-refractivity contribution >= 4 is 11.6 Å². The van der Waals surface area contributed by atoms with Crippen molar-refractivity contribution < 1.29 is 0 Å². The van der Waals surface area contributed by atoms with Gasteiger partial charge in [0.05, 0.1) is 0 Å². The average molecular weight is 373 g/mol. The number of hydrogen-bond donors (Lipinski definition) is 0. The molecule has 3 aromatic rings. The summed E-state index contributed by atoms with van der Waals surface area (Å²) in [6.07, 6.45) is 8.79. The van der Waals surface area contributed by atoms with E-state index < -0.39 is 0 Å². The highest BCUT2D eigenvalue weighted by Gasteiger charge is 2.41. The monoisotopic (exact) mass is 372 g/mol. The van der Waals surface area contributed by atoms with E-state index in [9.17, 15) is 0 Å². The first kappa shape index (κ1) is 18.1. The Morgan fingerprint density at radius 2 is 1.30 bits per heavy atom. The molecule has 3 aromatic carbocycles. The lowest BCUT2D eigenvalue weighted by atomic mass is 9.71. The minimum atomic E-state index is 0.0462. The van der Waals surface area contributed by atoms with Crippen molar-refractivity contribution in [1.82, 2.24) is 0 Å². The number of aryl methyl sites for hydroxylation is 1. The van der Waals surface area contributed by atoms with E-state index >= 15 is 0 Å². The molecule has 0 saturated heterocycles. The van der Waals surface area contributed by atoms with Crippen LogP contribution in [0.25, 0.3) is 11.1 Å².